The minimum absolute atomic E-state index is 0.00976. The average Bonchev–Trinajstić information content (AvgIpc) is 2.48. The van der Waals surface area contributed by atoms with Crippen molar-refractivity contribution in [2.24, 2.45) is 5.10 Å². The molecule has 0 aliphatic carbocycles. The van der Waals surface area contributed by atoms with Crippen LogP contribution in [0.25, 0.3) is 0 Å². The second-order valence-corrected chi connectivity index (χ2v) is 5.57. The molecule has 2 aliphatic rings. The largest absolute Gasteiger partial charge is 0.497 e. The first kappa shape index (κ1) is 12.3. The molecule has 0 saturated carbocycles. The molecule has 1 unspecified atom stereocenters. The molecular formula is C13H15N3O2S. The molecule has 0 aromatic heterocycles. The molecule has 1 aromatic rings. The van der Waals surface area contributed by atoms with Gasteiger partial charge in [-0.1, -0.05) is 0 Å². The maximum atomic E-state index is 11.8. The zero-order valence-corrected chi connectivity index (χ0v) is 11.4. The molecule has 1 amide bonds. The lowest BCUT2D eigenvalue weighted by molar-refractivity contribution is -0.125. The number of nitrogens with one attached hydrogen (secondary N) is 1. The van der Waals surface area contributed by atoms with Gasteiger partial charge in [-0.05, 0) is 24.3 Å². The highest BCUT2D eigenvalue weighted by Gasteiger charge is 2.34. The molecule has 6 heteroatoms. The highest BCUT2D eigenvalue weighted by Crippen LogP contribution is 2.23. The number of rotatable bonds is 2. The Morgan fingerprint density at radius 1 is 1.42 bits per heavy atom. The summed E-state index contributed by atoms with van der Waals surface area (Å²) in [6.45, 7) is 0.855. The van der Waals surface area contributed by atoms with Gasteiger partial charge in [0.2, 0.25) is 0 Å². The van der Waals surface area contributed by atoms with Crippen LogP contribution in [0.5, 0.6) is 5.75 Å². The fraction of sp³-hybridized carbons (Fsp3) is 0.385. The Balaban J connectivity index is 1.91. The van der Waals surface area contributed by atoms with Crippen molar-refractivity contribution < 1.29 is 9.53 Å². The molecule has 2 aliphatic heterocycles. The SMILES string of the molecule is COc1ccc(C2=NNC(=O)C3CSCCN23)cc1. The van der Waals surface area contributed by atoms with Crippen molar-refractivity contribution in [3.63, 3.8) is 0 Å². The molecule has 3 rings (SSSR count). The molecule has 0 spiro atoms. The van der Waals surface area contributed by atoms with Crippen LogP contribution in [-0.2, 0) is 4.79 Å². The smallest absolute Gasteiger partial charge is 0.263 e. The zero-order chi connectivity index (χ0) is 13.2. The maximum absolute atomic E-state index is 11.8. The van der Waals surface area contributed by atoms with Crippen molar-refractivity contribution in [3.8, 4) is 5.75 Å². The Hall–Kier alpha value is -1.69. The van der Waals surface area contributed by atoms with Crippen LogP contribution in [0, 0.1) is 0 Å². The molecule has 1 N–H and O–H groups in total. The van der Waals surface area contributed by atoms with E-state index >= 15 is 0 Å². The first-order valence-electron chi connectivity index (χ1n) is 6.16. The number of ether oxygens (including phenoxy) is 1. The second-order valence-electron chi connectivity index (χ2n) is 4.42. The van der Waals surface area contributed by atoms with Crippen LogP contribution < -0.4 is 10.2 Å². The van der Waals surface area contributed by atoms with E-state index in [2.05, 4.69) is 15.4 Å². The predicted molar refractivity (Wildman–Crippen MR) is 75.5 cm³/mol. The number of hydrogen-bond donors (Lipinski definition) is 1. The monoisotopic (exact) mass is 277 g/mol. The van der Waals surface area contributed by atoms with Crippen molar-refractivity contribution >= 4 is 23.5 Å². The van der Waals surface area contributed by atoms with Crippen LogP contribution in [0.3, 0.4) is 0 Å². The van der Waals surface area contributed by atoms with Gasteiger partial charge in [0.1, 0.15) is 11.8 Å². The van der Waals surface area contributed by atoms with E-state index in [4.69, 9.17) is 4.74 Å². The summed E-state index contributed by atoms with van der Waals surface area (Å²) in [5, 5.41) is 4.21. The van der Waals surface area contributed by atoms with Gasteiger partial charge in [0.25, 0.3) is 5.91 Å². The Morgan fingerprint density at radius 2 is 2.21 bits per heavy atom. The minimum atomic E-state index is -0.103. The Morgan fingerprint density at radius 3 is 2.95 bits per heavy atom. The predicted octanol–water partition coefficient (Wildman–Crippen LogP) is 0.904. The molecule has 100 valence electrons. The number of fused-ring (bicyclic) bond motifs is 1. The highest BCUT2D eigenvalue weighted by molar-refractivity contribution is 7.99. The summed E-state index contributed by atoms with van der Waals surface area (Å²) in [5.41, 5.74) is 3.62. The standard InChI is InChI=1S/C13H15N3O2S/c1-18-10-4-2-9(3-5-10)12-14-15-13(17)11-8-19-7-6-16(11)12/h2-5,11H,6-8H2,1H3,(H,15,17). The number of hydrogen-bond acceptors (Lipinski definition) is 5. The van der Waals surface area contributed by atoms with E-state index in [1.807, 2.05) is 36.0 Å². The lowest BCUT2D eigenvalue weighted by Crippen LogP contribution is -2.57. The van der Waals surface area contributed by atoms with Crippen LogP contribution in [0.15, 0.2) is 29.4 Å². The summed E-state index contributed by atoms with van der Waals surface area (Å²) in [7, 11) is 1.64. The van der Waals surface area contributed by atoms with Crippen molar-refractivity contribution in [2.75, 3.05) is 25.2 Å². The Bertz CT molecular complexity index is 515. The highest BCUT2D eigenvalue weighted by atomic mass is 32.2. The van der Waals surface area contributed by atoms with Gasteiger partial charge in [0.15, 0.2) is 5.84 Å². The van der Waals surface area contributed by atoms with E-state index in [0.29, 0.717) is 0 Å². The van der Waals surface area contributed by atoms with Gasteiger partial charge >= 0.3 is 0 Å². The second kappa shape index (κ2) is 5.13. The fourth-order valence-electron chi connectivity index (χ4n) is 2.29. The van der Waals surface area contributed by atoms with Crippen LogP contribution in [0.4, 0.5) is 0 Å². The summed E-state index contributed by atoms with van der Waals surface area (Å²) in [5.74, 6) is 3.49. The number of amides is 1. The normalized spacial score (nSPS) is 22.4. The quantitative estimate of drug-likeness (QED) is 0.873. The van der Waals surface area contributed by atoms with Crippen LogP contribution in [-0.4, -0.2) is 47.8 Å². The van der Waals surface area contributed by atoms with Crippen LogP contribution in [0.1, 0.15) is 5.56 Å². The number of nitrogens with zero attached hydrogens (tertiary/aromatic N) is 2. The van der Waals surface area contributed by atoms with Gasteiger partial charge < -0.3 is 9.64 Å². The summed E-state index contributed by atoms with van der Waals surface area (Å²) >= 11 is 1.81. The number of carbonyl (C=O) groups is 1. The fourth-order valence-corrected chi connectivity index (χ4v) is 3.34. The van der Waals surface area contributed by atoms with Gasteiger partial charge in [0, 0.05) is 23.6 Å². The molecule has 0 bridgehead atoms. The number of hydrazone groups is 1. The van der Waals surface area contributed by atoms with Crippen molar-refractivity contribution in [1.82, 2.24) is 10.3 Å². The number of methoxy groups -OCH3 is 1. The van der Waals surface area contributed by atoms with E-state index in [-0.39, 0.29) is 11.9 Å². The van der Waals surface area contributed by atoms with Crippen molar-refractivity contribution in [1.29, 1.82) is 0 Å². The van der Waals surface area contributed by atoms with Gasteiger partial charge in [-0.15, -0.1) is 0 Å². The van der Waals surface area contributed by atoms with Gasteiger partial charge in [-0.3, -0.25) is 4.79 Å². The van der Waals surface area contributed by atoms with Gasteiger partial charge in [0.05, 0.1) is 7.11 Å². The zero-order valence-electron chi connectivity index (χ0n) is 10.6. The molecule has 1 fully saturated rings. The molecule has 1 atom stereocenters. The minimum Gasteiger partial charge on any atom is -0.497 e. The molecule has 5 nitrogen and oxygen atoms in total. The van der Waals surface area contributed by atoms with Crippen LogP contribution >= 0.6 is 11.8 Å². The first-order chi connectivity index (χ1) is 9.29. The summed E-state index contributed by atoms with van der Waals surface area (Å²) in [6.07, 6.45) is 0. The lowest BCUT2D eigenvalue weighted by Gasteiger charge is -2.38. The van der Waals surface area contributed by atoms with E-state index in [0.717, 1.165) is 35.2 Å². The molecule has 1 aromatic carbocycles. The van der Waals surface area contributed by atoms with E-state index in [1.54, 1.807) is 7.11 Å². The maximum Gasteiger partial charge on any atom is 0.263 e. The number of amidine groups is 1. The average molecular weight is 277 g/mol. The third-order valence-electron chi connectivity index (χ3n) is 3.32. The number of benzene rings is 1. The first-order valence-corrected chi connectivity index (χ1v) is 7.31. The van der Waals surface area contributed by atoms with Gasteiger partial charge in [-0.2, -0.15) is 16.9 Å². The number of thioether (sulfide) groups is 1. The van der Waals surface area contributed by atoms with E-state index < -0.39 is 0 Å². The number of carbonyl (C=O) groups excluding carboxylic acids is 1. The van der Waals surface area contributed by atoms with Crippen molar-refractivity contribution in [3.05, 3.63) is 29.8 Å². The molecule has 19 heavy (non-hydrogen) atoms. The summed E-state index contributed by atoms with van der Waals surface area (Å²) in [4.78, 5) is 13.9. The van der Waals surface area contributed by atoms with Crippen molar-refractivity contribution in [2.45, 2.75) is 6.04 Å². The lowest BCUT2D eigenvalue weighted by atomic mass is 10.1. The molecule has 2 heterocycles. The topological polar surface area (TPSA) is 53.9 Å². The van der Waals surface area contributed by atoms with E-state index in [1.165, 1.54) is 0 Å². The molecular weight excluding hydrogens is 262 g/mol. The van der Waals surface area contributed by atoms with Gasteiger partial charge in [-0.25, -0.2) is 5.43 Å². The molecule has 0 radical (unpaired) electrons. The summed E-state index contributed by atoms with van der Waals surface area (Å²) in [6, 6.07) is 7.64. The third-order valence-corrected chi connectivity index (χ3v) is 4.35. The third kappa shape index (κ3) is 2.28. The van der Waals surface area contributed by atoms with Crippen LogP contribution in [0.2, 0.25) is 0 Å². The van der Waals surface area contributed by atoms with E-state index in [9.17, 15) is 4.79 Å². The summed E-state index contributed by atoms with van der Waals surface area (Å²) < 4.78 is 5.15. The Labute approximate surface area is 116 Å². The Kier molecular flexibility index (Phi) is 3.33. The molecule has 1 saturated heterocycles.